The van der Waals surface area contributed by atoms with Gasteiger partial charge in [-0.15, -0.1) is 0 Å². The van der Waals surface area contributed by atoms with Crippen molar-refractivity contribution in [1.29, 1.82) is 0 Å². The molecule has 0 bridgehead atoms. The topological polar surface area (TPSA) is 46.3 Å². The highest BCUT2D eigenvalue weighted by Gasteiger charge is 2.24. The highest BCUT2D eigenvalue weighted by molar-refractivity contribution is 5.94. The first-order chi connectivity index (χ1) is 7.16. The normalized spacial score (nSPS) is 20.7. The maximum absolute atomic E-state index is 12.0. The number of hydrogen-bond donors (Lipinski definition) is 1. The molecule has 0 aromatic heterocycles. The summed E-state index contributed by atoms with van der Waals surface area (Å²) in [5.41, 5.74) is 7.49. The molecule has 1 radical (unpaired) electrons. The van der Waals surface area contributed by atoms with Crippen molar-refractivity contribution in [2.45, 2.75) is 19.4 Å². The summed E-state index contributed by atoms with van der Waals surface area (Å²) >= 11 is 0. The third-order valence-electron chi connectivity index (χ3n) is 2.70. The second kappa shape index (κ2) is 4.03. The van der Waals surface area contributed by atoms with Crippen LogP contribution in [-0.4, -0.2) is 29.9 Å². The molecule has 3 nitrogen and oxygen atoms in total. The van der Waals surface area contributed by atoms with Crippen LogP contribution in [0.2, 0.25) is 0 Å². The van der Waals surface area contributed by atoms with Crippen molar-refractivity contribution < 1.29 is 4.79 Å². The van der Waals surface area contributed by atoms with E-state index >= 15 is 0 Å². The van der Waals surface area contributed by atoms with E-state index in [0.717, 1.165) is 18.5 Å². The van der Waals surface area contributed by atoms with Gasteiger partial charge in [0.05, 0.1) is 0 Å². The molecule has 1 amide bonds. The highest BCUT2D eigenvalue weighted by Crippen LogP contribution is 2.12. The molecule has 1 fully saturated rings. The zero-order chi connectivity index (χ0) is 10.8. The summed E-state index contributed by atoms with van der Waals surface area (Å²) in [4.78, 5) is 13.8. The molecule has 1 heterocycles. The molecule has 1 aromatic carbocycles. The number of carbonyl (C=O) groups is 1. The summed E-state index contributed by atoms with van der Waals surface area (Å²) < 4.78 is 0. The Balaban J connectivity index is 2.14. The van der Waals surface area contributed by atoms with E-state index in [0.29, 0.717) is 12.1 Å². The molecule has 0 unspecified atom stereocenters. The number of likely N-dealkylation sites (tertiary alicyclic amines) is 1. The van der Waals surface area contributed by atoms with Gasteiger partial charge in [-0.05, 0) is 25.5 Å². The summed E-state index contributed by atoms with van der Waals surface area (Å²) in [6, 6.07) is 8.70. The lowest BCUT2D eigenvalue weighted by Gasteiger charge is -2.15. The van der Waals surface area contributed by atoms with Gasteiger partial charge < -0.3 is 10.6 Å². The number of amides is 1. The van der Waals surface area contributed by atoms with Crippen LogP contribution in [0.15, 0.2) is 18.2 Å². The van der Waals surface area contributed by atoms with Gasteiger partial charge in [-0.25, -0.2) is 0 Å². The minimum Gasteiger partial charge on any atom is -0.337 e. The van der Waals surface area contributed by atoms with Crippen LogP contribution < -0.4 is 5.73 Å². The Hall–Kier alpha value is -1.35. The van der Waals surface area contributed by atoms with Gasteiger partial charge in [-0.3, -0.25) is 4.79 Å². The van der Waals surface area contributed by atoms with Crippen molar-refractivity contribution in [2.24, 2.45) is 5.73 Å². The van der Waals surface area contributed by atoms with Gasteiger partial charge in [0.2, 0.25) is 0 Å². The van der Waals surface area contributed by atoms with E-state index < -0.39 is 0 Å². The van der Waals surface area contributed by atoms with Crippen LogP contribution in [0.5, 0.6) is 0 Å². The summed E-state index contributed by atoms with van der Waals surface area (Å²) in [6.45, 7) is 3.41. The fourth-order valence-electron chi connectivity index (χ4n) is 1.85. The van der Waals surface area contributed by atoms with Crippen molar-refractivity contribution >= 4 is 5.91 Å². The minimum absolute atomic E-state index is 0.0478. The number of benzene rings is 1. The molecule has 1 atom stereocenters. The van der Waals surface area contributed by atoms with Gasteiger partial charge >= 0.3 is 0 Å². The predicted molar refractivity (Wildman–Crippen MR) is 58.5 cm³/mol. The lowest BCUT2D eigenvalue weighted by Crippen LogP contribution is -2.31. The van der Waals surface area contributed by atoms with E-state index in [1.54, 1.807) is 11.0 Å². The van der Waals surface area contributed by atoms with Crippen molar-refractivity contribution in [2.75, 3.05) is 13.1 Å². The molecule has 2 rings (SSSR count). The quantitative estimate of drug-likeness (QED) is 0.739. The van der Waals surface area contributed by atoms with Crippen LogP contribution in [0, 0.1) is 13.0 Å². The molecule has 0 spiro atoms. The zero-order valence-electron chi connectivity index (χ0n) is 8.86. The third-order valence-corrected chi connectivity index (χ3v) is 2.70. The van der Waals surface area contributed by atoms with Crippen molar-refractivity contribution in [1.82, 2.24) is 4.90 Å². The number of rotatable bonds is 1. The average molecular weight is 203 g/mol. The van der Waals surface area contributed by atoms with Crippen LogP contribution >= 0.6 is 0 Å². The molecule has 79 valence electrons. The Morgan fingerprint density at radius 2 is 2.47 bits per heavy atom. The van der Waals surface area contributed by atoms with E-state index in [9.17, 15) is 4.79 Å². The van der Waals surface area contributed by atoms with Crippen LogP contribution in [0.4, 0.5) is 0 Å². The fraction of sp³-hybridized carbons (Fsp3) is 0.417. The van der Waals surface area contributed by atoms with Gasteiger partial charge in [-0.2, -0.15) is 0 Å². The smallest absolute Gasteiger partial charge is 0.254 e. The van der Waals surface area contributed by atoms with Crippen LogP contribution in [0.25, 0.3) is 0 Å². The lowest BCUT2D eigenvalue weighted by molar-refractivity contribution is 0.0790. The van der Waals surface area contributed by atoms with Gasteiger partial charge in [-0.1, -0.05) is 17.7 Å². The van der Waals surface area contributed by atoms with Crippen LogP contribution in [0.3, 0.4) is 0 Å². The van der Waals surface area contributed by atoms with Gasteiger partial charge in [0.1, 0.15) is 0 Å². The van der Waals surface area contributed by atoms with E-state index in [1.807, 2.05) is 19.1 Å². The summed E-state index contributed by atoms with van der Waals surface area (Å²) in [5, 5.41) is 0. The van der Waals surface area contributed by atoms with Crippen molar-refractivity contribution in [3.63, 3.8) is 0 Å². The third kappa shape index (κ3) is 2.18. The van der Waals surface area contributed by atoms with Crippen LogP contribution in [0.1, 0.15) is 22.3 Å². The summed E-state index contributed by atoms with van der Waals surface area (Å²) in [6.07, 6.45) is 0.900. The van der Waals surface area contributed by atoms with E-state index in [2.05, 4.69) is 6.07 Å². The lowest BCUT2D eigenvalue weighted by atomic mass is 10.1. The molecule has 15 heavy (non-hydrogen) atoms. The fourth-order valence-corrected chi connectivity index (χ4v) is 1.85. The maximum atomic E-state index is 12.0. The Morgan fingerprint density at radius 1 is 1.67 bits per heavy atom. The molecule has 1 aromatic rings. The molecule has 1 aliphatic rings. The second-order valence-corrected chi connectivity index (χ2v) is 4.08. The molecule has 2 N–H and O–H groups in total. The second-order valence-electron chi connectivity index (χ2n) is 4.08. The molecule has 0 saturated carbocycles. The zero-order valence-corrected chi connectivity index (χ0v) is 8.86. The Bertz CT molecular complexity index is 376. The van der Waals surface area contributed by atoms with Crippen molar-refractivity contribution in [3.05, 3.63) is 35.4 Å². The van der Waals surface area contributed by atoms with Crippen molar-refractivity contribution in [3.8, 4) is 0 Å². The van der Waals surface area contributed by atoms with Gasteiger partial charge in [0.25, 0.3) is 5.91 Å². The Labute approximate surface area is 89.9 Å². The molecular weight excluding hydrogens is 188 g/mol. The van der Waals surface area contributed by atoms with E-state index in [1.165, 1.54) is 0 Å². The molecule has 1 saturated heterocycles. The van der Waals surface area contributed by atoms with E-state index in [-0.39, 0.29) is 11.9 Å². The van der Waals surface area contributed by atoms with Gasteiger partial charge in [0, 0.05) is 24.7 Å². The molecule has 3 heteroatoms. The maximum Gasteiger partial charge on any atom is 0.254 e. The number of hydrogen-bond acceptors (Lipinski definition) is 2. The number of nitrogens with zero attached hydrogens (tertiary/aromatic N) is 1. The van der Waals surface area contributed by atoms with E-state index in [4.69, 9.17) is 5.73 Å². The standard InChI is InChI=1S/C12H15N2O/c1-9-3-2-4-10(7-9)12(15)14-6-5-11(13)8-14/h2-3,7,11H,5-6,8,13H2,1H3/t11-/m1/s1. The highest BCUT2D eigenvalue weighted by atomic mass is 16.2. The summed E-state index contributed by atoms with van der Waals surface area (Å²) in [5.74, 6) is 0.0478. The number of carbonyl (C=O) groups excluding carboxylic acids is 1. The Kier molecular flexibility index (Phi) is 2.73. The monoisotopic (exact) mass is 203 g/mol. The first kappa shape index (κ1) is 10.2. The molecule has 1 aliphatic heterocycles. The largest absolute Gasteiger partial charge is 0.337 e. The first-order valence-electron chi connectivity index (χ1n) is 5.20. The summed E-state index contributed by atoms with van der Waals surface area (Å²) in [7, 11) is 0. The van der Waals surface area contributed by atoms with Crippen LogP contribution in [-0.2, 0) is 0 Å². The molecular formula is C12H15N2O. The SMILES string of the molecule is Cc1cc[c]c(C(=O)N2CC[C@@H](N)C2)c1. The molecule has 0 aliphatic carbocycles. The number of nitrogens with two attached hydrogens (primary N) is 1. The Morgan fingerprint density at radius 3 is 3.07 bits per heavy atom. The number of aryl methyl sites for hydroxylation is 1. The first-order valence-corrected chi connectivity index (χ1v) is 5.20. The average Bonchev–Trinajstić information content (AvgIpc) is 2.64. The predicted octanol–water partition coefficient (Wildman–Crippen LogP) is 0.968. The van der Waals surface area contributed by atoms with Gasteiger partial charge in [0.15, 0.2) is 0 Å². The minimum atomic E-state index is 0.0478.